The number of amides is 2. The molecule has 3 aromatic carbocycles. The molecule has 8 heteroatoms. The Kier molecular flexibility index (Phi) is 7.36. The monoisotopic (exact) mass is 536 g/mol. The molecule has 0 spiro atoms. The van der Waals surface area contributed by atoms with Gasteiger partial charge in [-0.2, -0.15) is 5.10 Å². The quantitative estimate of drug-likeness (QED) is 0.258. The second-order valence-corrected chi connectivity index (χ2v) is 10.7. The van der Waals surface area contributed by atoms with Crippen LogP contribution in [0.5, 0.6) is 0 Å². The molecule has 1 saturated carbocycles. The highest BCUT2D eigenvalue weighted by molar-refractivity contribution is 6.11. The number of aliphatic hydroxyl groups is 1. The number of rotatable bonds is 6. The maximum absolute atomic E-state index is 14.0. The minimum atomic E-state index is -1.72. The van der Waals surface area contributed by atoms with Gasteiger partial charge in [-0.25, -0.2) is 0 Å². The van der Waals surface area contributed by atoms with Crippen LogP contribution in [-0.2, 0) is 14.4 Å². The lowest BCUT2D eigenvalue weighted by Gasteiger charge is -2.44. The van der Waals surface area contributed by atoms with Gasteiger partial charge in [-0.1, -0.05) is 66.7 Å². The highest BCUT2D eigenvalue weighted by Gasteiger charge is 2.56. The van der Waals surface area contributed by atoms with Gasteiger partial charge >= 0.3 is 0 Å². The van der Waals surface area contributed by atoms with E-state index in [1.54, 1.807) is 24.4 Å². The number of aryl methyl sites for hydroxylation is 2. The van der Waals surface area contributed by atoms with E-state index in [0.29, 0.717) is 22.6 Å². The number of carbonyl (C=O) groups excluding carboxylic acids is 3. The predicted molar refractivity (Wildman–Crippen MR) is 154 cm³/mol. The van der Waals surface area contributed by atoms with Crippen LogP contribution in [0.1, 0.15) is 36.0 Å². The molecule has 0 radical (unpaired) electrons. The van der Waals surface area contributed by atoms with E-state index < -0.39 is 41.0 Å². The molecular weight excluding hydrogens is 504 g/mol. The normalized spacial score (nSPS) is 22.5. The fourth-order valence-corrected chi connectivity index (χ4v) is 5.70. The Morgan fingerprint density at radius 1 is 0.875 bits per heavy atom. The van der Waals surface area contributed by atoms with Gasteiger partial charge in [-0.15, -0.1) is 0 Å². The molecule has 1 aliphatic carbocycles. The molecule has 0 unspecified atom stereocenters. The lowest BCUT2D eigenvalue weighted by Crippen LogP contribution is -2.56. The molecule has 1 heterocycles. The van der Waals surface area contributed by atoms with Gasteiger partial charge in [-0.3, -0.25) is 19.5 Å². The molecule has 1 fully saturated rings. The van der Waals surface area contributed by atoms with Gasteiger partial charge in [0.1, 0.15) is 11.7 Å². The van der Waals surface area contributed by atoms with Gasteiger partial charge in [-0.05, 0) is 49.6 Å². The van der Waals surface area contributed by atoms with Crippen LogP contribution >= 0.6 is 0 Å². The summed E-state index contributed by atoms with van der Waals surface area (Å²) in [5, 5.41) is 24.7. The van der Waals surface area contributed by atoms with E-state index >= 15 is 0 Å². The Labute approximate surface area is 232 Å². The van der Waals surface area contributed by atoms with Crippen molar-refractivity contribution in [2.45, 2.75) is 38.7 Å². The molecule has 0 saturated heterocycles. The summed E-state index contributed by atoms with van der Waals surface area (Å²) in [5.41, 5.74) is 3.00. The number of aromatic nitrogens is 2. The number of hydrogen-bond acceptors (Lipinski definition) is 5. The van der Waals surface area contributed by atoms with Crippen molar-refractivity contribution >= 4 is 29.0 Å². The Hall–Kier alpha value is -4.56. The fourth-order valence-electron chi connectivity index (χ4n) is 5.70. The van der Waals surface area contributed by atoms with E-state index in [9.17, 15) is 19.5 Å². The third-order valence-corrected chi connectivity index (χ3v) is 7.73. The summed E-state index contributed by atoms with van der Waals surface area (Å²) >= 11 is 0. The zero-order valence-corrected chi connectivity index (χ0v) is 22.6. The SMILES string of the molecule is Cc1ccccc1NC(=O)[C@H]1C(=O)C[C@](C)(O)[C@@H](C(=O)Nc2ccccc2C)[C@@H]1c1cn[nH]c1-c1ccccc1. The third-order valence-electron chi connectivity index (χ3n) is 7.73. The van der Waals surface area contributed by atoms with Crippen LogP contribution < -0.4 is 10.6 Å². The molecule has 5 rings (SSSR count). The van der Waals surface area contributed by atoms with Crippen LogP contribution in [0.4, 0.5) is 11.4 Å². The van der Waals surface area contributed by atoms with Crippen LogP contribution in [0.3, 0.4) is 0 Å². The summed E-state index contributed by atoms with van der Waals surface area (Å²) < 4.78 is 0. The Bertz CT molecular complexity index is 1560. The van der Waals surface area contributed by atoms with E-state index in [2.05, 4.69) is 20.8 Å². The summed E-state index contributed by atoms with van der Waals surface area (Å²) in [5.74, 6) is -4.84. The van der Waals surface area contributed by atoms with Crippen molar-refractivity contribution < 1.29 is 19.5 Å². The lowest BCUT2D eigenvalue weighted by atomic mass is 9.61. The fraction of sp³-hybridized carbons (Fsp3) is 0.250. The second kappa shape index (κ2) is 10.9. The smallest absolute Gasteiger partial charge is 0.235 e. The Morgan fingerprint density at radius 3 is 2.02 bits per heavy atom. The Morgan fingerprint density at radius 2 is 1.43 bits per heavy atom. The van der Waals surface area contributed by atoms with Crippen LogP contribution in [0, 0.1) is 25.7 Å². The van der Waals surface area contributed by atoms with Crippen LogP contribution in [0.2, 0.25) is 0 Å². The number of nitrogens with zero attached hydrogens (tertiary/aromatic N) is 1. The van der Waals surface area contributed by atoms with Crippen molar-refractivity contribution in [3.05, 3.63) is 102 Å². The largest absolute Gasteiger partial charge is 0.389 e. The van der Waals surface area contributed by atoms with Crippen LogP contribution in [-0.4, -0.2) is 38.5 Å². The van der Waals surface area contributed by atoms with Crippen molar-refractivity contribution in [2.24, 2.45) is 11.8 Å². The average Bonchev–Trinajstić information content (AvgIpc) is 3.40. The molecule has 40 heavy (non-hydrogen) atoms. The van der Waals surface area contributed by atoms with E-state index in [1.807, 2.05) is 74.5 Å². The van der Waals surface area contributed by atoms with Crippen LogP contribution in [0.15, 0.2) is 85.1 Å². The summed E-state index contributed by atoms with van der Waals surface area (Å²) in [4.78, 5) is 41.6. The number of benzene rings is 3. The summed E-state index contributed by atoms with van der Waals surface area (Å²) in [6.45, 7) is 5.22. The van der Waals surface area contributed by atoms with E-state index in [0.717, 1.165) is 16.7 Å². The number of para-hydroxylation sites is 2. The molecule has 1 aliphatic rings. The van der Waals surface area contributed by atoms with E-state index in [1.165, 1.54) is 6.92 Å². The molecule has 204 valence electrons. The number of ketones is 1. The number of hydrogen-bond donors (Lipinski definition) is 4. The summed E-state index contributed by atoms with van der Waals surface area (Å²) in [6, 6.07) is 24.0. The van der Waals surface area contributed by atoms with Gasteiger partial charge in [0.05, 0.1) is 23.4 Å². The number of nitrogens with one attached hydrogen (secondary N) is 3. The molecular formula is C32H32N4O4. The maximum atomic E-state index is 14.0. The van der Waals surface area contributed by atoms with Gasteiger partial charge in [0.15, 0.2) is 0 Å². The number of anilines is 2. The maximum Gasteiger partial charge on any atom is 0.235 e. The van der Waals surface area contributed by atoms with Crippen molar-refractivity contribution in [1.82, 2.24) is 10.2 Å². The number of carbonyl (C=O) groups is 3. The van der Waals surface area contributed by atoms with Crippen LogP contribution in [0.25, 0.3) is 11.3 Å². The first-order valence-electron chi connectivity index (χ1n) is 13.2. The molecule has 1 aromatic heterocycles. The third kappa shape index (κ3) is 5.18. The first-order valence-corrected chi connectivity index (χ1v) is 13.2. The molecule has 0 bridgehead atoms. The predicted octanol–water partition coefficient (Wildman–Crippen LogP) is 5.01. The van der Waals surface area contributed by atoms with Crippen molar-refractivity contribution in [1.29, 1.82) is 0 Å². The minimum Gasteiger partial charge on any atom is -0.389 e. The second-order valence-electron chi connectivity index (χ2n) is 10.7. The molecule has 0 aliphatic heterocycles. The Balaban J connectivity index is 1.63. The van der Waals surface area contributed by atoms with Crippen molar-refractivity contribution in [3.8, 4) is 11.3 Å². The van der Waals surface area contributed by atoms with E-state index in [-0.39, 0.29) is 6.42 Å². The topological polar surface area (TPSA) is 124 Å². The number of Topliss-reactive ketones (excluding diaryl/α,β-unsaturated/α-hetero) is 1. The minimum absolute atomic E-state index is 0.347. The number of H-pyrrole nitrogens is 1. The molecule has 8 nitrogen and oxygen atoms in total. The van der Waals surface area contributed by atoms with Crippen molar-refractivity contribution in [2.75, 3.05) is 10.6 Å². The molecule has 4 N–H and O–H groups in total. The van der Waals surface area contributed by atoms with E-state index in [4.69, 9.17) is 0 Å². The summed E-state index contributed by atoms with van der Waals surface area (Å²) in [7, 11) is 0. The molecule has 4 atom stereocenters. The average molecular weight is 537 g/mol. The highest BCUT2D eigenvalue weighted by atomic mass is 16.3. The first kappa shape index (κ1) is 27.0. The first-order chi connectivity index (χ1) is 19.2. The van der Waals surface area contributed by atoms with Crippen molar-refractivity contribution in [3.63, 3.8) is 0 Å². The van der Waals surface area contributed by atoms with Gasteiger partial charge < -0.3 is 15.7 Å². The van der Waals surface area contributed by atoms with Gasteiger partial charge in [0.25, 0.3) is 0 Å². The molecule has 2 amide bonds. The zero-order valence-electron chi connectivity index (χ0n) is 22.6. The highest BCUT2D eigenvalue weighted by Crippen LogP contribution is 2.48. The van der Waals surface area contributed by atoms with Gasteiger partial charge in [0, 0.05) is 29.3 Å². The molecule has 4 aromatic rings. The number of aromatic amines is 1. The lowest BCUT2D eigenvalue weighted by molar-refractivity contribution is -0.150. The summed E-state index contributed by atoms with van der Waals surface area (Å²) in [6.07, 6.45) is 1.20. The zero-order chi connectivity index (χ0) is 28.4. The standard InChI is InChI=1S/C32H32N4O4/c1-19-11-7-9-15-23(19)34-30(38)27-25(37)17-32(3,40)28(31(39)35-24-16-10-8-12-20(24)2)26(27)22-18-33-36-29(22)21-13-5-4-6-14-21/h4-16,18,26-28,40H,17H2,1-3H3,(H,33,36)(H,34,38)(H,35,39)/t26-,27+,28-,32+/m1/s1. The van der Waals surface area contributed by atoms with Gasteiger partial charge in [0.2, 0.25) is 11.8 Å².